The third kappa shape index (κ3) is 4.92. The first-order chi connectivity index (χ1) is 13.6. The number of aryl methyl sites for hydroxylation is 1. The van der Waals surface area contributed by atoms with E-state index < -0.39 is 20.9 Å². The molecule has 1 amide bonds. The van der Waals surface area contributed by atoms with Gasteiger partial charge in [0, 0.05) is 24.8 Å². The number of carbonyl (C=O) groups is 1. The number of rotatable bonds is 9. The zero-order valence-corrected chi connectivity index (χ0v) is 18.2. The van der Waals surface area contributed by atoms with Crippen LogP contribution in [0.1, 0.15) is 35.3 Å². The van der Waals surface area contributed by atoms with E-state index in [1.54, 1.807) is 27.7 Å². The van der Waals surface area contributed by atoms with Crippen LogP contribution in [0.2, 0.25) is 0 Å². The van der Waals surface area contributed by atoms with Crippen molar-refractivity contribution in [2.75, 3.05) is 25.0 Å². The second kappa shape index (κ2) is 9.33. The van der Waals surface area contributed by atoms with Crippen LogP contribution in [0.3, 0.4) is 0 Å². The van der Waals surface area contributed by atoms with Crippen molar-refractivity contribution in [1.29, 1.82) is 0 Å². The van der Waals surface area contributed by atoms with Crippen LogP contribution in [0.25, 0.3) is 0 Å². The lowest BCUT2D eigenvalue weighted by molar-refractivity contribution is -0.385. The van der Waals surface area contributed by atoms with Crippen LogP contribution in [-0.2, 0) is 10.0 Å². The van der Waals surface area contributed by atoms with Gasteiger partial charge < -0.3 is 10.1 Å². The Hall–Kier alpha value is -2.50. The van der Waals surface area contributed by atoms with Crippen molar-refractivity contribution < 1.29 is 22.9 Å². The fourth-order valence-corrected chi connectivity index (χ4v) is 5.22. The molecule has 0 fully saturated rings. The molecule has 0 saturated carbocycles. The summed E-state index contributed by atoms with van der Waals surface area (Å²) in [5.74, 6) is -0.360. The van der Waals surface area contributed by atoms with E-state index in [1.807, 2.05) is 0 Å². The monoisotopic (exact) mass is 441 g/mol. The first-order valence-electron chi connectivity index (χ1n) is 8.98. The van der Waals surface area contributed by atoms with E-state index in [1.165, 1.54) is 28.6 Å². The molecule has 158 valence electrons. The summed E-state index contributed by atoms with van der Waals surface area (Å²) >= 11 is 0.998. The van der Waals surface area contributed by atoms with Gasteiger partial charge in [0.25, 0.3) is 11.6 Å². The molecule has 1 heterocycles. The molecule has 0 aliphatic carbocycles. The van der Waals surface area contributed by atoms with Gasteiger partial charge in [-0.1, -0.05) is 13.8 Å². The van der Waals surface area contributed by atoms with E-state index in [2.05, 4.69) is 5.32 Å². The summed E-state index contributed by atoms with van der Waals surface area (Å²) in [6.45, 7) is 7.64. The molecule has 1 aromatic heterocycles. The Bertz CT molecular complexity index is 1010. The summed E-state index contributed by atoms with van der Waals surface area (Å²) in [6, 6.07) is 5.56. The molecule has 2 rings (SSSR count). The SMILES string of the molecule is CCOc1ccc(NC(=O)c2cc([N+](=O)[O-])c(C)s2)cc1S(=O)(=O)N(CC)CC. The minimum Gasteiger partial charge on any atom is -0.492 e. The van der Waals surface area contributed by atoms with Crippen molar-refractivity contribution in [3.8, 4) is 5.75 Å². The number of anilines is 1. The molecular weight excluding hydrogens is 418 g/mol. The molecule has 0 radical (unpaired) electrons. The highest BCUT2D eigenvalue weighted by atomic mass is 32.2. The van der Waals surface area contributed by atoms with Gasteiger partial charge >= 0.3 is 0 Å². The number of nitro groups is 1. The Labute approximate surface area is 173 Å². The molecule has 1 aromatic carbocycles. The fraction of sp³-hybridized carbons (Fsp3) is 0.389. The summed E-state index contributed by atoms with van der Waals surface area (Å²) in [6.07, 6.45) is 0. The Morgan fingerprint density at radius 2 is 1.90 bits per heavy atom. The van der Waals surface area contributed by atoms with E-state index >= 15 is 0 Å². The molecule has 2 aromatic rings. The molecule has 0 bridgehead atoms. The van der Waals surface area contributed by atoms with Crippen molar-refractivity contribution in [3.05, 3.63) is 44.1 Å². The standard InChI is InChI=1S/C18H23N3O6S2/c1-5-20(6-2)29(25,26)17-10-13(8-9-15(17)27-7-3)19-18(22)16-11-14(21(23)24)12(4)28-16/h8-11H,5-7H2,1-4H3,(H,19,22). The zero-order valence-electron chi connectivity index (χ0n) is 16.6. The summed E-state index contributed by atoms with van der Waals surface area (Å²) in [5, 5.41) is 13.6. The van der Waals surface area contributed by atoms with Gasteiger partial charge in [-0.3, -0.25) is 14.9 Å². The highest BCUT2D eigenvalue weighted by molar-refractivity contribution is 7.89. The lowest BCUT2D eigenvalue weighted by Crippen LogP contribution is -2.31. The Balaban J connectivity index is 2.41. The van der Waals surface area contributed by atoms with Crippen LogP contribution < -0.4 is 10.1 Å². The van der Waals surface area contributed by atoms with Crippen LogP contribution >= 0.6 is 11.3 Å². The summed E-state index contributed by atoms with van der Waals surface area (Å²) < 4.78 is 32.7. The lowest BCUT2D eigenvalue weighted by Gasteiger charge is -2.21. The molecule has 0 unspecified atom stereocenters. The number of nitrogens with one attached hydrogen (secondary N) is 1. The number of ether oxygens (including phenoxy) is 1. The second-order valence-electron chi connectivity index (χ2n) is 5.95. The van der Waals surface area contributed by atoms with E-state index in [0.29, 0.717) is 18.0 Å². The van der Waals surface area contributed by atoms with Gasteiger partial charge in [0.1, 0.15) is 10.6 Å². The zero-order chi connectivity index (χ0) is 21.8. The normalized spacial score (nSPS) is 11.5. The summed E-state index contributed by atoms with van der Waals surface area (Å²) in [7, 11) is -3.82. The highest BCUT2D eigenvalue weighted by Gasteiger charge is 2.27. The molecule has 1 N–H and O–H groups in total. The second-order valence-corrected chi connectivity index (χ2v) is 9.11. The van der Waals surface area contributed by atoms with Crippen molar-refractivity contribution in [1.82, 2.24) is 4.31 Å². The Kier molecular flexibility index (Phi) is 7.33. The first kappa shape index (κ1) is 22.8. The number of sulfonamides is 1. The van der Waals surface area contributed by atoms with Crippen LogP contribution in [0.4, 0.5) is 11.4 Å². The average Bonchev–Trinajstić information content (AvgIpc) is 3.06. The molecule has 29 heavy (non-hydrogen) atoms. The van der Waals surface area contributed by atoms with Crippen molar-refractivity contribution >= 4 is 38.6 Å². The van der Waals surface area contributed by atoms with Gasteiger partial charge in [-0.2, -0.15) is 4.31 Å². The number of nitrogens with zero attached hydrogens (tertiary/aromatic N) is 2. The first-order valence-corrected chi connectivity index (χ1v) is 11.2. The maximum absolute atomic E-state index is 13.0. The number of amides is 1. The van der Waals surface area contributed by atoms with Gasteiger partial charge in [-0.05, 0) is 32.0 Å². The number of carbonyl (C=O) groups excluding carboxylic acids is 1. The largest absolute Gasteiger partial charge is 0.492 e. The predicted octanol–water partition coefficient (Wildman–Crippen LogP) is 3.65. The van der Waals surface area contributed by atoms with Gasteiger partial charge in [-0.25, -0.2) is 8.42 Å². The minimum atomic E-state index is -3.82. The van der Waals surface area contributed by atoms with Gasteiger partial charge in [-0.15, -0.1) is 11.3 Å². The van der Waals surface area contributed by atoms with Crippen LogP contribution in [0, 0.1) is 17.0 Å². The molecule has 9 nitrogen and oxygen atoms in total. The van der Waals surface area contributed by atoms with Gasteiger partial charge in [0.15, 0.2) is 0 Å². The van der Waals surface area contributed by atoms with E-state index in [4.69, 9.17) is 4.74 Å². The Morgan fingerprint density at radius 1 is 1.24 bits per heavy atom. The molecule has 0 aliphatic rings. The number of benzene rings is 1. The number of thiophene rings is 1. The smallest absolute Gasteiger partial charge is 0.283 e. The maximum Gasteiger partial charge on any atom is 0.283 e. The van der Waals surface area contributed by atoms with Gasteiger partial charge in [0.2, 0.25) is 10.0 Å². The average molecular weight is 442 g/mol. The minimum absolute atomic E-state index is 0.0470. The maximum atomic E-state index is 13.0. The van der Waals surface area contributed by atoms with Crippen LogP contribution in [0.5, 0.6) is 5.75 Å². The molecule has 11 heteroatoms. The molecule has 0 saturated heterocycles. The third-order valence-corrected chi connectivity index (χ3v) is 7.25. The summed E-state index contributed by atoms with van der Waals surface area (Å²) in [5.41, 5.74) is 0.120. The number of hydrogen-bond acceptors (Lipinski definition) is 7. The molecular formula is C18H23N3O6S2. The Morgan fingerprint density at radius 3 is 2.41 bits per heavy atom. The van der Waals surface area contributed by atoms with Crippen LogP contribution in [0.15, 0.2) is 29.2 Å². The quantitative estimate of drug-likeness (QED) is 0.469. The predicted molar refractivity (Wildman–Crippen MR) is 111 cm³/mol. The number of hydrogen-bond donors (Lipinski definition) is 1. The molecule has 0 aliphatic heterocycles. The molecule has 0 spiro atoms. The topological polar surface area (TPSA) is 119 Å². The highest BCUT2D eigenvalue weighted by Crippen LogP contribution is 2.32. The van der Waals surface area contributed by atoms with E-state index in [0.717, 1.165) is 11.3 Å². The van der Waals surface area contributed by atoms with Crippen LogP contribution in [-0.4, -0.2) is 43.2 Å². The summed E-state index contributed by atoms with van der Waals surface area (Å²) in [4.78, 5) is 23.5. The van der Waals surface area contributed by atoms with Crippen molar-refractivity contribution in [3.63, 3.8) is 0 Å². The molecule has 0 atom stereocenters. The third-order valence-electron chi connectivity index (χ3n) is 4.14. The van der Waals surface area contributed by atoms with Crippen molar-refractivity contribution in [2.45, 2.75) is 32.6 Å². The van der Waals surface area contributed by atoms with Gasteiger partial charge in [0.05, 0.1) is 21.3 Å². The van der Waals surface area contributed by atoms with Crippen molar-refractivity contribution in [2.24, 2.45) is 0 Å². The fourth-order valence-electron chi connectivity index (χ4n) is 2.72. The van der Waals surface area contributed by atoms with E-state index in [-0.39, 0.29) is 33.5 Å². The lowest BCUT2D eigenvalue weighted by atomic mass is 10.3. The van der Waals surface area contributed by atoms with E-state index in [9.17, 15) is 23.3 Å².